The summed E-state index contributed by atoms with van der Waals surface area (Å²) in [6.07, 6.45) is -0.511. The van der Waals surface area contributed by atoms with Gasteiger partial charge in [-0.1, -0.05) is 51.3 Å². The Kier molecular flexibility index (Phi) is 5.51. The Bertz CT molecular complexity index is 360. The van der Waals surface area contributed by atoms with Gasteiger partial charge in [-0.05, 0) is 24.0 Å². The van der Waals surface area contributed by atoms with Crippen LogP contribution >= 0.6 is 0 Å². The first kappa shape index (κ1) is 14.9. The van der Waals surface area contributed by atoms with Crippen molar-refractivity contribution < 1.29 is 17.9 Å². The summed E-state index contributed by atoms with van der Waals surface area (Å²) >= 11 is 0. The smallest absolute Gasteiger partial charge is 0.405 e. The van der Waals surface area contributed by atoms with E-state index in [-0.39, 0.29) is 11.7 Å². The van der Waals surface area contributed by atoms with Crippen molar-refractivity contribution in [1.29, 1.82) is 0 Å². The SMILES string of the molecule is CCCCCC(C)c1ccccc1OC(F)(F)F. The van der Waals surface area contributed by atoms with Crippen LogP contribution in [0.4, 0.5) is 13.2 Å². The first-order valence-electron chi connectivity index (χ1n) is 6.28. The summed E-state index contributed by atoms with van der Waals surface area (Å²) in [6, 6.07) is 6.38. The number of halogens is 3. The lowest BCUT2D eigenvalue weighted by Gasteiger charge is -2.17. The van der Waals surface area contributed by atoms with Crippen LogP contribution < -0.4 is 4.74 Å². The van der Waals surface area contributed by atoms with Crippen molar-refractivity contribution >= 4 is 0 Å². The van der Waals surface area contributed by atoms with Crippen LogP contribution in [0.3, 0.4) is 0 Å². The van der Waals surface area contributed by atoms with Crippen LogP contribution in [0.1, 0.15) is 51.0 Å². The molecule has 0 saturated carbocycles. The molecule has 0 fully saturated rings. The zero-order chi connectivity index (χ0) is 13.6. The topological polar surface area (TPSA) is 9.23 Å². The summed E-state index contributed by atoms with van der Waals surface area (Å²) in [5.74, 6) is 0.00379. The minimum absolute atomic E-state index is 0.0750. The second-order valence-electron chi connectivity index (χ2n) is 4.48. The van der Waals surface area contributed by atoms with Crippen LogP contribution in [-0.4, -0.2) is 6.36 Å². The van der Waals surface area contributed by atoms with Crippen LogP contribution in [-0.2, 0) is 0 Å². The molecular weight excluding hydrogens is 241 g/mol. The third-order valence-corrected chi connectivity index (χ3v) is 2.92. The van der Waals surface area contributed by atoms with E-state index in [9.17, 15) is 13.2 Å². The van der Waals surface area contributed by atoms with Crippen LogP contribution in [0.5, 0.6) is 5.75 Å². The molecule has 1 rings (SSSR count). The van der Waals surface area contributed by atoms with Crippen molar-refractivity contribution in [3.05, 3.63) is 29.8 Å². The molecule has 0 amide bonds. The van der Waals surface area contributed by atoms with E-state index in [4.69, 9.17) is 0 Å². The fraction of sp³-hybridized carbons (Fsp3) is 0.571. The highest BCUT2D eigenvalue weighted by molar-refractivity contribution is 5.36. The largest absolute Gasteiger partial charge is 0.573 e. The third kappa shape index (κ3) is 4.98. The maximum absolute atomic E-state index is 12.3. The van der Waals surface area contributed by atoms with Gasteiger partial charge in [0, 0.05) is 0 Å². The van der Waals surface area contributed by atoms with Gasteiger partial charge in [0.1, 0.15) is 5.75 Å². The molecule has 0 bridgehead atoms. The van der Waals surface area contributed by atoms with Crippen molar-refractivity contribution in [2.45, 2.75) is 51.8 Å². The Morgan fingerprint density at radius 1 is 1.17 bits per heavy atom. The summed E-state index contributed by atoms with van der Waals surface area (Å²) in [7, 11) is 0. The minimum Gasteiger partial charge on any atom is -0.405 e. The molecule has 1 aromatic carbocycles. The van der Waals surface area contributed by atoms with Crippen LogP contribution in [0.25, 0.3) is 0 Å². The monoisotopic (exact) mass is 260 g/mol. The fourth-order valence-corrected chi connectivity index (χ4v) is 1.96. The molecule has 1 unspecified atom stereocenters. The maximum Gasteiger partial charge on any atom is 0.573 e. The summed E-state index contributed by atoms with van der Waals surface area (Å²) in [6.45, 7) is 4.04. The standard InChI is InChI=1S/C14H19F3O/c1-3-4-5-8-11(2)12-9-6-7-10-13(12)18-14(15,16)17/h6-7,9-11H,3-5,8H2,1-2H3. The number of ether oxygens (including phenoxy) is 1. The number of para-hydroxylation sites is 1. The minimum atomic E-state index is -4.63. The average molecular weight is 260 g/mol. The third-order valence-electron chi connectivity index (χ3n) is 2.92. The van der Waals surface area contributed by atoms with E-state index in [0.717, 1.165) is 25.7 Å². The molecule has 4 heteroatoms. The number of hydrogen-bond acceptors (Lipinski definition) is 1. The van der Waals surface area contributed by atoms with Gasteiger partial charge in [-0.25, -0.2) is 0 Å². The van der Waals surface area contributed by atoms with Crippen LogP contribution in [0.2, 0.25) is 0 Å². The Labute approximate surface area is 106 Å². The zero-order valence-corrected chi connectivity index (χ0v) is 10.8. The summed E-state index contributed by atoms with van der Waals surface area (Å²) in [4.78, 5) is 0. The molecule has 1 nitrogen and oxygen atoms in total. The van der Waals surface area contributed by atoms with Crippen molar-refractivity contribution in [3.63, 3.8) is 0 Å². The molecule has 0 saturated heterocycles. The highest BCUT2D eigenvalue weighted by atomic mass is 19.4. The van der Waals surface area contributed by atoms with Gasteiger partial charge in [0.2, 0.25) is 0 Å². The van der Waals surface area contributed by atoms with Gasteiger partial charge in [-0.15, -0.1) is 13.2 Å². The van der Waals surface area contributed by atoms with Crippen molar-refractivity contribution in [3.8, 4) is 5.75 Å². The molecule has 102 valence electrons. The van der Waals surface area contributed by atoms with Crippen molar-refractivity contribution in [2.75, 3.05) is 0 Å². The molecule has 0 aliphatic carbocycles. The lowest BCUT2D eigenvalue weighted by atomic mass is 9.94. The predicted molar refractivity (Wildman–Crippen MR) is 65.7 cm³/mol. The van der Waals surface area contributed by atoms with Gasteiger partial charge in [-0.2, -0.15) is 0 Å². The van der Waals surface area contributed by atoms with Crippen LogP contribution in [0.15, 0.2) is 24.3 Å². The van der Waals surface area contributed by atoms with Gasteiger partial charge in [-0.3, -0.25) is 0 Å². The quantitative estimate of drug-likeness (QED) is 0.633. The molecule has 18 heavy (non-hydrogen) atoms. The van der Waals surface area contributed by atoms with E-state index in [2.05, 4.69) is 11.7 Å². The van der Waals surface area contributed by atoms with E-state index >= 15 is 0 Å². The Morgan fingerprint density at radius 2 is 1.83 bits per heavy atom. The summed E-state index contributed by atoms with van der Waals surface area (Å²) in [5.41, 5.74) is 0.630. The second kappa shape index (κ2) is 6.66. The first-order valence-corrected chi connectivity index (χ1v) is 6.28. The molecule has 0 aliphatic rings. The predicted octanol–water partition coefficient (Wildman–Crippen LogP) is 5.27. The molecule has 0 spiro atoms. The highest BCUT2D eigenvalue weighted by Gasteiger charge is 2.32. The number of hydrogen-bond donors (Lipinski definition) is 0. The maximum atomic E-state index is 12.3. The van der Waals surface area contributed by atoms with Crippen molar-refractivity contribution in [1.82, 2.24) is 0 Å². The van der Waals surface area contributed by atoms with Crippen LogP contribution in [0, 0.1) is 0 Å². The molecule has 0 aliphatic heterocycles. The molecular formula is C14H19F3O. The molecule has 1 atom stereocenters. The average Bonchev–Trinajstić information content (AvgIpc) is 2.27. The lowest BCUT2D eigenvalue weighted by Crippen LogP contribution is -2.18. The molecule has 0 radical (unpaired) electrons. The lowest BCUT2D eigenvalue weighted by molar-refractivity contribution is -0.275. The van der Waals surface area contributed by atoms with E-state index in [0.29, 0.717) is 5.56 Å². The second-order valence-corrected chi connectivity index (χ2v) is 4.48. The van der Waals surface area contributed by atoms with E-state index in [1.165, 1.54) is 6.07 Å². The number of benzene rings is 1. The normalized spacial score (nSPS) is 13.4. The van der Waals surface area contributed by atoms with Gasteiger partial charge in [0.05, 0.1) is 0 Å². The Morgan fingerprint density at radius 3 is 2.44 bits per heavy atom. The van der Waals surface area contributed by atoms with Gasteiger partial charge in [0.15, 0.2) is 0 Å². The Balaban J connectivity index is 2.74. The molecule has 0 N–H and O–H groups in total. The first-order chi connectivity index (χ1) is 8.44. The number of unbranched alkanes of at least 4 members (excludes halogenated alkanes) is 2. The van der Waals surface area contributed by atoms with Gasteiger partial charge >= 0.3 is 6.36 Å². The van der Waals surface area contributed by atoms with E-state index < -0.39 is 6.36 Å². The fourth-order valence-electron chi connectivity index (χ4n) is 1.96. The van der Waals surface area contributed by atoms with E-state index in [1.807, 2.05) is 6.92 Å². The van der Waals surface area contributed by atoms with Gasteiger partial charge < -0.3 is 4.74 Å². The van der Waals surface area contributed by atoms with E-state index in [1.54, 1.807) is 18.2 Å². The number of alkyl halides is 3. The molecule has 0 aromatic heterocycles. The van der Waals surface area contributed by atoms with Gasteiger partial charge in [0.25, 0.3) is 0 Å². The highest BCUT2D eigenvalue weighted by Crippen LogP contribution is 2.33. The summed E-state index contributed by atoms with van der Waals surface area (Å²) in [5, 5.41) is 0. The molecule has 1 aromatic rings. The number of rotatable bonds is 6. The Hall–Kier alpha value is -1.19. The zero-order valence-electron chi connectivity index (χ0n) is 10.8. The molecule has 0 heterocycles. The summed E-state index contributed by atoms with van der Waals surface area (Å²) < 4.78 is 40.9. The van der Waals surface area contributed by atoms with Crippen molar-refractivity contribution in [2.24, 2.45) is 0 Å².